The Balaban J connectivity index is 1.34. The second kappa shape index (κ2) is 9.61. The molecule has 0 saturated carbocycles. The second-order valence-electron chi connectivity index (χ2n) is 7.93. The number of nitrogens with zero attached hydrogens (tertiary/aromatic N) is 4. The summed E-state index contributed by atoms with van der Waals surface area (Å²) < 4.78 is 0. The minimum Gasteiger partial charge on any atom is -0.506 e. The first-order valence-corrected chi connectivity index (χ1v) is 10.6. The first-order valence-electron chi connectivity index (χ1n) is 10.6. The summed E-state index contributed by atoms with van der Waals surface area (Å²) in [6.07, 6.45) is 1.43. The number of phenols is 1. The Labute approximate surface area is 186 Å². The van der Waals surface area contributed by atoms with E-state index in [1.54, 1.807) is 24.3 Å². The standard InChI is InChI=1S/C23H27N7O2/c1-15-6-2-3-7-17(15)26-23-28-20(27-22(24)29-23)14-30-12-10-16(11-13-30)21(32)25-18-8-4-5-9-19(18)31/h2-9,16,31H,10-14H2,1H3,(H,25,32)(H3,24,26,27,28,29). The van der Waals surface area contributed by atoms with Crippen molar-refractivity contribution in [1.29, 1.82) is 0 Å². The van der Waals surface area contributed by atoms with Gasteiger partial charge in [0.15, 0.2) is 0 Å². The number of piperidine rings is 1. The van der Waals surface area contributed by atoms with Gasteiger partial charge in [-0.25, -0.2) is 0 Å². The fourth-order valence-corrected chi connectivity index (χ4v) is 3.77. The highest BCUT2D eigenvalue weighted by Crippen LogP contribution is 2.25. The first-order chi connectivity index (χ1) is 15.5. The minimum absolute atomic E-state index is 0.0692. The van der Waals surface area contributed by atoms with E-state index in [1.165, 1.54) is 0 Å². The van der Waals surface area contributed by atoms with E-state index in [-0.39, 0.29) is 23.5 Å². The van der Waals surface area contributed by atoms with Gasteiger partial charge in [0.25, 0.3) is 0 Å². The molecule has 0 atom stereocenters. The molecule has 1 aliphatic heterocycles. The summed E-state index contributed by atoms with van der Waals surface area (Å²) in [6, 6.07) is 14.6. The molecule has 1 fully saturated rings. The van der Waals surface area contributed by atoms with Crippen LogP contribution in [-0.2, 0) is 11.3 Å². The predicted octanol–water partition coefficient (Wildman–Crippen LogP) is 3.06. The monoisotopic (exact) mass is 433 g/mol. The van der Waals surface area contributed by atoms with Gasteiger partial charge in [-0.2, -0.15) is 15.0 Å². The van der Waals surface area contributed by atoms with Gasteiger partial charge < -0.3 is 21.5 Å². The lowest BCUT2D eigenvalue weighted by molar-refractivity contribution is -0.121. The molecule has 1 aliphatic rings. The highest BCUT2D eigenvalue weighted by Gasteiger charge is 2.26. The number of nitrogens with one attached hydrogen (secondary N) is 2. The average molecular weight is 434 g/mol. The SMILES string of the molecule is Cc1ccccc1Nc1nc(N)nc(CN2CCC(C(=O)Nc3ccccc3O)CC2)n1. The molecule has 0 spiro atoms. The van der Waals surface area contributed by atoms with Crippen LogP contribution in [0.2, 0.25) is 0 Å². The Morgan fingerprint density at radius 3 is 2.47 bits per heavy atom. The predicted molar refractivity (Wildman–Crippen MR) is 123 cm³/mol. The molecule has 1 saturated heterocycles. The number of phenolic OH excluding ortho intramolecular Hbond substituents is 1. The van der Waals surface area contributed by atoms with E-state index in [2.05, 4.69) is 30.5 Å². The zero-order valence-corrected chi connectivity index (χ0v) is 18.0. The van der Waals surface area contributed by atoms with Crippen molar-refractivity contribution in [1.82, 2.24) is 19.9 Å². The van der Waals surface area contributed by atoms with Crippen LogP contribution in [-0.4, -0.2) is 44.0 Å². The van der Waals surface area contributed by atoms with Crippen molar-refractivity contribution in [3.63, 3.8) is 0 Å². The lowest BCUT2D eigenvalue weighted by Gasteiger charge is -2.30. The molecule has 1 aromatic heterocycles. The molecule has 0 unspecified atom stereocenters. The van der Waals surface area contributed by atoms with Crippen LogP contribution in [0.4, 0.5) is 23.3 Å². The molecule has 9 nitrogen and oxygen atoms in total. The van der Waals surface area contributed by atoms with Gasteiger partial charge in [0.2, 0.25) is 17.8 Å². The smallest absolute Gasteiger partial charge is 0.232 e. The van der Waals surface area contributed by atoms with Gasteiger partial charge in [-0.15, -0.1) is 0 Å². The van der Waals surface area contributed by atoms with Gasteiger partial charge >= 0.3 is 0 Å². The molecule has 5 N–H and O–H groups in total. The van der Waals surface area contributed by atoms with E-state index in [9.17, 15) is 9.90 Å². The van der Waals surface area contributed by atoms with Crippen LogP contribution in [0.3, 0.4) is 0 Å². The number of rotatable bonds is 6. The number of hydrogen-bond donors (Lipinski definition) is 4. The largest absolute Gasteiger partial charge is 0.506 e. The Hall–Kier alpha value is -3.72. The lowest BCUT2D eigenvalue weighted by atomic mass is 9.95. The average Bonchev–Trinajstić information content (AvgIpc) is 2.77. The van der Waals surface area contributed by atoms with E-state index >= 15 is 0 Å². The van der Waals surface area contributed by atoms with Gasteiger partial charge in [0.1, 0.15) is 11.6 Å². The van der Waals surface area contributed by atoms with E-state index in [1.807, 2.05) is 31.2 Å². The van der Waals surface area contributed by atoms with E-state index < -0.39 is 0 Å². The van der Waals surface area contributed by atoms with E-state index in [0.29, 0.717) is 36.8 Å². The van der Waals surface area contributed by atoms with Crippen molar-refractivity contribution in [2.24, 2.45) is 5.92 Å². The van der Waals surface area contributed by atoms with Crippen LogP contribution in [0.15, 0.2) is 48.5 Å². The maximum atomic E-state index is 12.6. The lowest BCUT2D eigenvalue weighted by Crippen LogP contribution is -2.38. The molecule has 9 heteroatoms. The summed E-state index contributed by atoms with van der Waals surface area (Å²) in [5, 5.41) is 15.9. The van der Waals surface area contributed by atoms with Crippen molar-refractivity contribution in [2.75, 3.05) is 29.5 Å². The van der Waals surface area contributed by atoms with Crippen molar-refractivity contribution >= 4 is 29.2 Å². The summed E-state index contributed by atoms with van der Waals surface area (Å²) in [4.78, 5) is 27.8. The quantitative estimate of drug-likeness (QED) is 0.437. The normalized spacial score (nSPS) is 14.8. The van der Waals surface area contributed by atoms with Gasteiger partial charge in [-0.3, -0.25) is 9.69 Å². The van der Waals surface area contributed by atoms with Crippen molar-refractivity contribution in [3.8, 4) is 5.75 Å². The van der Waals surface area contributed by atoms with Crippen LogP contribution >= 0.6 is 0 Å². The number of nitrogens with two attached hydrogens (primary N) is 1. The molecule has 0 bridgehead atoms. The molecular formula is C23H27N7O2. The number of anilines is 4. The molecule has 0 aliphatic carbocycles. The number of likely N-dealkylation sites (tertiary alicyclic amines) is 1. The summed E-state index contributed by atoms with van der Waals surface area (Å²) >= 11 is 0. The van der Waals surface area contributed by atoms with Crippen LogP contribution in [0.25, 0.3) is 0 Å². The minimum atomic E-state index is -0.104. The van der Waals surface area contributed by atoms with Gasteiger partial charge in [0.05, 0.1) is 12.2 Å². The third-order valence-corrected chi connectivity index (χ3v) is 5.58. The zero-order valence-electron chi connectivity index (χ0n) is 18.0. The molecule has 166 valence electrons. The number of benzene rings is 2. The van der Waals surface area contributed by atoms with Crippen LogP contribution < -0.4 is 16.4 Å². The molecule has 0 radical (unpaired) electrons. The number of aryl methyl sites for hydroxylation is 1. The fourth-order valence-electron chi connectivity index (χ4n) is 3.77. The number of para-hydroxylation sites is 3. The van der Waals surface area contributed by atoms with Crippen LogP contribution in [0.5, 0.6) is 5.75 Å². The van der Waals surface area contributed by atoms with Crippen LogP contribution in [0, 0.1) is 12.8 Å². The molecule has 2 heterocycles. The molecule has 1 amide bonds. The van der Waals surface area contributed by atoms with E-state index in [4.69, 9.17) is 5.73 Å². The third kappa shape index (κ3) is 5.30. The molecule has 3 aromatic rings. The molecule has 2 aromatic carbocycles. The maximum Gasteiger partial charge on any atom is 0.232 e. The summed E-state index contributed by atoms with van der Waals surface area (Å²) in [6.45, 7) is 4.02. The van der Waals surface area contributed by atoms with Crippen LogP contribution in [0.1, 0.15) is 24.2 Å². The summed E-state index contributed by atoms with van der Waals surface area (Å²) in [5.41, 5.74) is 8.35. The first kappa shape index (κ1) is 21.5. The Morgan fingerprint density at radius 2 is 1.75 bits per heavy atom. The maximum absolute atomic E-state index is 12.6. The number of aromatic nitrogens is 3. The van der Waals surface area contributed by atoms with Gasteiger partial charge in [-0.05, 0) is 56.6 Å². The Bertz CT molecular complexity index is 1100. The number of nitrogen functional groups attached to an aromatic ring is 1. The number of carbonyl (C=O) groups is 1. The van der Waals surface area contributed by atoms with Crippen molar-refractivity contribution in [3.05, 3.63) is 59.9 Å². The van der Waals surface area contributed by atoms with E-state index in [0.717, 1.165) is 24.3 Å². The second-order valence-corrected chi connectivity index (χ2v) is 7.93. The molecule has 32 heavy (non-hydrogen) atoms. The Kier molecular flexibility index (Phi) is 6.46. The van der Waals surface area contributed by atoms with Crippen molar-refractivity contribution < 1.29 is 9.90 Å². The zero-order chi connectivity index (χ0) is 22.5. The molecule has 4 rings (SSSR count). The van der Waals surface area contributed by atoms with Crippen molar-refractivity contribution in [2.45, 2.75) is 26.3 Å². The van der Waals surface area contributed by atoms with Gasteiger partial charge in [0, 0.05) is 11.6 Å². The van der Waals surface area contributed by atoms with Gasteiger partial charge in [-0.1, -0.05) is 30.3 Å². The number of amides is 1. The number of carbonyl (C=O) groups excluding carboxylic acids is 1. The highest BCUT2D eigenvalue weighted by molar-refractivity contribution is 5.93. The fraction of sp³-hybridized carbons (Fsp3) is 0.304. The number of hydrogen-bond acceptors (Lipinski definition) is 8. The summed E-state index contributed by atoms with van der Waals surface area (Å²) in [7, 11) is 0. The third-order valence-electron chi connectivity index (χ3n) is 5.58. The topological polar surface area (TPSA) is 129 Å². The highest BCUT2D eigenvalue weighted by atomic mass is 16.3. The molecular weight excluding hydrogens is 406 g/mol. The summed E-state index contributed by atoms with van der Waals surface area (Å²) in [5.74, 6) is 1.07. The Morgan fingerprint density at radius 1 is 1.06 bits per heavy atom. The number of aromatic hydroxyl groups is 1.